The number of carbonyl (C=O) groups excluding carboxylic acids is 1. The highest BCUT2D eigenvalue weighted by Gasteiger charge is 2.28. The van der Waals surface area contributed by atoms with Crippen molar-refractivity contribution in [3.8, 4) is 0 Å². The van der Waals surface area contributed by atoms with Gasteiger partial charge in [-0.15, -0.1) is 10.2 Å². The van der Waals surface area contributed by atoms with Crippen molar-refractivity contribution in [2.75, 3.05) is 23.3 Å². The SMILES string of the molecule is Cc1cccc(C)c1NC(=O)C(C)Sc1nnc(N2CC(C)CC(C)C2)n1Cc1ccco1. The number of anilines is 2. The molecule has 3 aromatic rings. The van der Waals surface area contributed by atoms with Gasteiger partial charge in [-0.3, -0.25) is 9.36 Å². The summed E-state index contributed by atoms with van der Waals surface area (Å²) in [5.74, 6) is 2.83. The van der Waals surface area contributed by atoms with Gasteiger partial charge in [-0.25, -0.2) is 0 Å². The summed E-state index contributed by atoms with van der Waals surface area (Å²) >= 11 is 1.43. The fourth-order valence-corrected chi connectivity index (χ4v) is 5.42. The van der Waals surface area contributed by atoms with Crippen LogP contribution in [0.1, 0.15) is 44.1 Å². The van der Waals surface area contributed by atoms with Crippen LogP contribution < -0.4 is 10.2 Å². The fourth-order valence-electron chi connectivity index (χ4n) is 4.57. The van der Waals surface area contributed by atoms with E-state index in [4.69, 9.17) is 4.42 Å². The lowest BCUT2D eigenvalue weighted by Gasteiger charge is -2.35. The maximum Gasteiger partial charge on any atom is 0.237 e. The first-order valence-corrected chi connectivity index (χ1v) is 12.4. The molecular weight excluding hydrogens is 434 g/mol. The van der Waals surface area contributed by atoms with Crippen molar-refractivity contribution in [1.82, 2.24) is 14.8 Å². The summed E-state index contributed by atoms with van der Waals surface area (Å²) in [6.07, 6.45) is 2.90. The maximum absolute atomic E-state index is 13.0. The normalized spacial score (nSPS) is 19.5. The van der Waals surface area contributed by atoms with Crippen LogP contribution >= 0.6 is 11.8 Å². The van der Waals surface area contributed by atoms with Crippen molar-refractivity contribution in [3.05, 3.63) is 53.5 Å². The summed E-state index contributed by atoms with van der Waals surface area (Å²) in [5, 5.41) is 12.5. The largest absolute Gasteiger partial charge is 0.467 e. The van der Waals surface area contributed by atoms with Gasteiger partial charge in [0, 0.05) is 18.8 Å². The molecule has 1 saturated heterocycles. The summed E-state index contributed by atoms with van der Waals surface area (Å²) in [6, 6.07) is 9.86. The van der Waals surface area contributed by atoms with E-state index in [2.05, 4.69) is 38.8 Å². The number of nitrogens with zero attached hydrogens (tertiary/aromatic N) is 4. The molecule has 1 aliphatic heterocycles. The average Bonchev–Trinajstić information content (AvgIpc) is 3.41. The van der Waals surface area contributed by atoms with E-state index in [0.717, 1.165) is 46.8 Å². The summed E-state index contributed by atoms with van der Waals surface area (Å²) in [4.78, 5) is 15.3. The summed E-state index contributed by atoms with van der Waals surface area (Å²) in [7, 11) is 0. The summed E-state index contributed by atoms with van der Waals surface area (Å²) in [5.41, 5.74) is 2.98. The molecule has 33 heavy (non-hydrogen) atoms. The molecule has 1 aromatic carbocycles. The monoisotopic (exact) mass is 467 g/mol. The molecule has 1 N–H and O–H groups in total. The van der Waals surface area contributed by atoms with Crippen LogP contribution in [-0.2, 0) is 11.3 Å². The van der Waals surface area contributed by atoms with Crippen molar-refractivity contribution in [2.45, 2.75) is 58.0 Å². The minimum atomic E-state index is -0.337. The molecule has 176 valence electrons. The van der Waals surface area contributed by atoms with E-state index in [-0.39, 0.29) is 11.2 Å². The zero-order chi connectivity index (χ0) is 23.5. The van der Waals surface area contributed by atoms with Crippen LogP contribution in [-0.4, -0.2) is 39.0 Å². The molecule has 1 fully saturated rings. The lowest BCUT2D eigenvalue weighted by molar-refractivity contribution is -0.115. The molecule has 0 spiro atoms. The molecular formula is C25H33N5O2S. The smallest absolute Gasteiger partial charge is 0.237 e. The van der Waals surface area contributed by atoms with Crippen LogP contribution in [0.2, 0.25) is 0 Å². The highest BCUT2D eigenvalue weighted by molar-refractivity contribution is 8.00. The van der Waals surface area contributed by atoms with Gasteiger partial charge in [0.1, 0.15) is 5.76 Å². The number of furan rings is 1. The van der Waals surface area contributed by atoms with E-state index in [0.29, 0.717) is 18.4 Å². The number of rotatable bonds is 7. The first-order valence-electron chi connectivity index (χ1n) is 11.6. The van der Waals surface area contributed by atoms with Gasteiger partial charge >= 0.3 is 0 Å². The van der Waals surface area contributed by atoms with Crippen molar-refractivity contribution >= 4 is 29.3 Å². The Labute approximate surface area is 199 Å². The second-order valence-corrected chi connectivity index (χ2v) is 10.6. The first-order chi connectivity index (χ1) is 15.8. The van der Waals surface area contributed by atoms with Gasteiger partial charge in [0.25, 0.3) is 0 Å². The lowest BCUT2D eigenvalue weighted by atomic mass is 9.92. The number of piperidine rings is 1. The van der Waals surface area contributed by atoms with Gasteiger partial charge in [0.05, 0.1) is 18.1 Å². The third-order valence-corrected chi connectivity index (χ3v) is 7.20. The van der Waals surface area contributed by atoms with Crippen LogP contribution in [0.15, 0.2) is 46.2 Å². The van der Waals surface area contributed by atoms with E-state index in [9.17, 15) is 4.79 Å². The standard InChI is InChI=1S/C25H33N5O2S/c1-16-12-17(2)14-29(13-16)24-27-28-25(30(24)15-21-10-7-11-32-21)33-20(5)23(31)26-22-18(3)8-6-9-19(22)4/h6-11,16-17,20H,12-15H2,1-5H3,(H,26,31). The quantitative estimate of drug-likeness (QED) is 0.485. The Morgan fingerprint density at radius 2 is 1.85 bits per heavy atom. The van der Waals surface area contributed by atoms with E-state index >= 15 is 0 Å². The van der Waals surface area contributed by atoms with Gasteiger partial charge in [0.15, 0.2) is 5.16 Å². The molecule has 7 nitrogen and oxygen atoms in total. The Morgan fingerprint density at radius 3 is 2.48 bits per heavy atom. The van der Waals surface area contributed by atoms with Gasteiger partial charge in [0.2, 0.25) is 11.9 Å². The summed E-state index contributed by atoms with van der Waals surface area (Å²) in [6.45, 7) is 12.9. The van der Waals surface area contributed by atoms with Crippen molar-refractivity contribution in [1.29, 1.82) is 0 Å². The topological polar surface area (TPSA) is 76.2 Å². The van der Waals surface area contributed by atoms with Crippen LogP contribution in [0.25, 0.3) is 0 Å². The Morgan fingerprint density at radius 1 is 1.15 bits per heavy atom. The minimum absolute atomic E-state index is 0.0493. The van der Waals surface area contributed by atoms with Crippen molar-refractivity contribution in [3.63, 3.8) is 0 Å². The van der Waals surface area contributed by atoms with Crippen molar-refractivity contribution in [2.24, 2.45) is 11.8 Å². The second-order valence-electron chi connectivity index (χ2n) is 9.32. The number of thioether (sulfide) groups is 1. The van der Waals surface area contributed by atoms with Crippen LogP contribution in [0.3, 0.4) is 0 Å². The van der Waals surface area contributed by atoms with Gasteiger partial charge in [-0.1, -0.05) is 43.8 Å². The Balaban J connectivity index is 1.56. The summed E-state index contributed by atoms with van der Waals surface area (Å²) < 4.78 is 7.70. The average molecular weight is 468 g/mol. The van der Waals surface area contributed by atoms with Crippen LogP contribution in [0.4, 0.5) is 11.6 Å². The number of amides is 1. The fraction of sp³-hybridized carbons (Fsp3) is 0.480. The minimum Gasteiger partial charge on any atom is -0.467 e. The maximum atomic E-state index is 13.0. The number of hydrogen-bond acceptors (Lipinski definition) is 6. The highest BCUT2D eigenvalue weighted by atomic mass is 32.2. The number of para-hydroxylation sites is 1. The first kappa shape index (κ1) is 23.4. The molecule has 0 aliphatic carbocycles. The van der Waals surface area contributed by atoms with Crippen LogP contribution in [0, 0.1) is 25.7 Å². The number of nitrogens with one attached hydrogen (secondary N) is 1. The molecule has 3 atom stereocenters. The van der Waals surface area contributed by atoms with E-state index in [1.165, 1.54) is 18.2 Å². The third kappa shape index (κ3) is 5.43. The highest BCUT2D eigenvalue weighted by Crippen LogP contribution is 2.31. The van der Waals surface area contributed by atoms with E-state index in [1.54, 1.807) is 6.26 Å². The number of aryl methyl sites for hydroxylation is 2. The van der Waals surface area contributed by atoms with Gasteiger partial charge < -0.3 is 14.6 Å². The molecule has 2 aromatic heterocycles. The zero-order valence-electron chi connectivity index (χ0n) is 20.0. The second kappa shape index (κ2) is 10.0. The molecule has 8 heteroatoms. The predicted molar refractivity (Wildman–Crippen MR) is 133 cm³/mol. The molecule has 1 aliphatic rings. The van der Waals surface area contributed by atoms with Crippen molar-refractivity contribution < 1.29 is 9.21 Å². The zero-order valence-corrected chi connectivity index (χ0v) is 20.9. The van der Waals surface area contributed by atoms with Gasteiger partial charge in [-0.2, -0.15) is 0 Å². The molecule has 4 rings (SSSR count). The van der Waals surface area contributed by atoms with E-state index in [1.807, 2.05) is 51.1 Å². The number of carbonyl (C=O) groups is 1. The third-order valence-electron chi connectivity index (χ3n) is 6.12. The predicted octanol–water partition coefficient (Wildman–Crippen LogP) is 5.14. The number of aromatic nitrogens is 3. The molecule has 0 saturated carbocycles. The lowest BCUT2D eigenvalue weighted by Crippen LogP contribution is -2.40. The number of benzene rings is 1. The van der Waals surface area contributed by atoms with Gasteiger partial charge in [-0.05, 0) is 62.3 Å². The molecule has 0 radical (unpaired) electrons. The Kier molecular flexibility index (Phi) is 7.12. The Bertz CT molecular complexity index is 1060. The van der Waals surface area contributed by atoms with Crippen LogP contribution in [0.5, 0.6) is 0 Å². The van der Waals surface area contributed by atoms with E-state index < -0.39 is 0 Å². The Hall–Kier alpha value is -2.74. The molecule has 0 bridgehead atoms. The molecule has 3 unspecified atom stereocenters. The molecule has 3 heterocycles. The number of hydrogen-bond donors (Lipinski definition) is 1. The molecule has 1 amide bonds.